The standard InChI is InChI=1S/C9H11NO/c1-6-5-8(11)9-7(6)3-2-4-10-9/h2-4,6,8,11H,5H2,1H3/t6-,8-/m1/s1. The first-order valence-corrected chi connectivity index (χ1v) is 3.92. The Bertz CT molecular complexity index is 245. The molecule has 1 aromatic heterocycles. The molecule has 1 aromatic rings. The Morgan fingerprint density at radius 1 is 1.64 bits per heavy atom. The largest absolute Gasteiger partial charge is 0.387 e. The number of nitrogens with zero attached hydrogens (tertiary/aromatic N) is 1. The fourth-order valence-corrected chi connectivity index (χ4v) is 1.70. The van der Waals surface area contributed by atoms with E-state index in [0.29, 0.717) is 5.92 Å². The quantitative estimate of drug-likeness (QED) is 0.608. The van der Waals surface area contributed by atoms with Gasteiger partial charge in [-0.15, -0.1) is 0 Å². The minimum absolute atomic E-state index is 0.332. The molecule has 2 nitrogen and oxygen atoms in total. The zero-order valence-corrected chi connectivity index (χ0v) is 6.49. The fourth-order valence-electron chi connectivity index (χ4n) is 1.70. The Balaban J connectivity index is 2.52. The molecule has 2 rings (SSSR count). The minimum Gasteiger partial charge on any atom is -0.387 e. The van der Waals surface area contributed by atoms with E-state index in [4.69, 9.17) is 0 Å². The number of rotatable bonds is 0. The van der Waals surface area contributed by atoms with Crippen molar-refractivity contribution < 1.29 is 5.11 Å². The molecule has 0 aliphatic heterocycles. The van der Waals surface area contributed by atoms with Crippen molar-refractivity contribution in [2.45, 2.75) is 25.4 Å². The number of aliphatic hydroxyl groups excluding tert-OH is 1. The molecule has 2 heteroatoms. The second-order valence-corrected chi connectivity index (χ2v) is 3.13. The van der Waals surface area contributed by atoms with Gasteiger partial charge in [0.05, 0.1) is 11.8 Å². The first-order valence-electron chi connectivity index (χ1n) is 3.92. The summed E-state index contributed by atoms with van der Waals surface area (Å²) < 4.78 is 0. The predicted molar refractivity (Wildman–Crippen MR) is 42.2 cm³/mol. The maximum Gasteiger partial charge on any atom is 0.0968 e. The predicted octanol–water partition coefficient (Wildman–Crippen LogP) is 1.62. The van der Waals surface area contributed by atoms with Gasteiger partial charge >= 0.3 is 0 Å². The summed E-state index contributed by atoms with van der Waals surface area (Å²) in [6.07, 6.45) is 2.23. The molecule has 0 radical (unpaired) electrons. The van der Waals surface area contributed by atoms with Gasteiger partial charge in [-0.1, -0.05) is 13.0 Å². The van der Waals surface area contributed by atoms with Crippen LogP contribution in [-0.2, 0) is 0 Å². The molecule has 0 aromatic carbocycles. The van der Waals surface area contributed by atoms with Crippen LogP contribution in [0.4, 0.5) is 0 Å². The second-order valence-electron chi connectivity index (χ2n) is 3.13. The van der Waals surface area contributed by atoms with Crippen LogP contribution in [0, 0.1) is 0 Å². The average Bonchev–Trinajstić information content (AvgIpc) is 2.30. The molecule has 11 heavy (non-hydrogen) atoms. The van der Waals surface area contributed by atoms with Crippen molar-refractivity contribution in [3.63, 3.8) is 0 Å². The van der Waals surface area contributed by atoms with E-state index < -0.39 is 0 Å². The van der Waals surface area contributed by atoms with Crippen LogP contribution in [0.25, 0.3) is 0 Å². The third-order valence-corrected chi connectivity index (χ3v) is 2.29. The highest BCUT2D eigenvalue weighted by atomic mass is 16.3. The van der Waals surface area contributed by atoms with E-state index >= 15 is 0 Å². The van der Waals surface area contributed by atoms with Crippen LogP contribution in [0.3, 0.4) is 0 Å². The first-order chi connectivity index (χ1) is 5.29. The maximum atomic E-state index is 9.49. The number of aromatic nitrogens is 1. The summed E-state index contributed by atoms with van der Waals surface area (Å²) >= 11 is 0. The van der Waals surface area contributed by atoms with Crippen molar-refractivity contribution in [1.29, 1.82) is 0 Å². The Labute approximate surface area is 65.9 Å². The van der Waals surface area contributed by atoms with Crippen molar-refractivity contribution in [3.05, 3.63) is 29.6 Å². The summed E-state index contributed by atoms with van der Waals surface area (Å²) in [6, 6.07) is 3.97. The van der Waals surface area contributed by atoms with Crippen LogP contribution in [0.1, 0.15) is 36.6 Å². The van der Waals surface area contributed by atoms with Gasteiger partial charge in [0.15, 0.2) is 0 Å². The highest BCUT2D eigenvalue weighted by Gasteiger charge is 2.26. The SMILES string of the molecule is C[C@@H]1C[C@@H](O)c2ncccc21. The lowest BCUT2D eigenvalue weighted by molar-refractivity contribution is 0.170. The number of hydrogen-bond donors (Lipinski definition) is 1. The number of pyridine rings is 1. The third kappa shape index (κ3) is 0.942. The molecular formula is C9H11NO. The molecule has 1 aliphatic carbocycles. The van der Waals surface area contributed by atoms with Crippen LogP contribution in [0.2, 0.25) is 0 Å². The zero-order chi connectivity index (χ0) is 7.84. The molecule has 0 fully saturated rings. The summed E-state index contributed by atoms with van der Waals surface area (Å²) in [6.45, 7) is 2.12. The lowest BCUT2D eigenvalue weighted by atomic mass is 10.1. The number of fused-ring (bicyclic) bond motifs is 1. The molecule has 0 spiro atoms. The van der Waals surface area contributed by atoms with Crippen LogP contribution in [0.15, 0.2) is 18.3 Å². The van der Waals surface area contributed by atoms with Gasteiger partial charge in [0.1, 0.15) is 0 Å². The van der Waals surface area contributed by atoms with Crippen molar-refractivity contribution >= 4 is 0 Å². The topological polar surface area (TPSA) is 33.1 Å². The second kappa shape index (κ2) is 2.31. The van der Waals surface area contributed by atoms with Gasteiger partial charge in [-0.3, -0.25) is 4.98 Å². The zero-order valence-electron chi connectivity index (χ0n) is 6.49. The van der Waals surface area contributed by atoms with Gasteiger partial charge in [-0.25, -0.2) is 0 Å². The number of hydrogen-bond acceptors (Lipinski definition) is 2. The molecule has 1 heterocycles. The van der Waals surface area contributed by atoms with Crippen molar-refractivity contribution in [1.82, 2.24) is 4.98 Å². The minimum atomic E-state index is -0.332. The van der Waals surface area contributed by atoms with E-state index in [1.807, 2.05) is 12.1 Å². The van der Waals surface area contributed by atoms with Crippen LogP contribution >= 0.6 is 0 Å². The van der Waals surface area contributed by atoms with E-state index in [0.717, 1.165) is 12.1 Å². The van der Waals surface area contributed by atoms with Crippen LogP contribution in [0.5, 0.6) is 0 Å². The smallest absolute Gasteiger partial charge is 0.0968 e. The molecule has 0 unspecified atom stereocenters. The van der Waals surface area contributed by atoms with E-state index in [1.54, 1.807) is 6.20 Å². The summed E-state index contributed by atoms with van der Waals surface area (Å²) in [4.78, 5) is 4.14. The monoisotopic (exact) mass is 149 g/mol. The van der Waals surface area contributed by atoms with Crippen molar-refractivity contribution in [2.24, 2.45) is 0 Å². The van der Waals surface area contributed by atoms with E-state index in [-0.39, 0.29) is 6.10 Å². The molecular weight excluding hydrogens is 138 g/mol. The molecule has 58 valence electrons. The van der Waals surface area contributed by atoms with Gasteiger partial charge in [0.2, 0.25) is 0 Å². The summed E-state index contributed by atoms with van der Waals surface area (Å²) in [5, 5.41) is 9.49. The van der Waals surface area contributed by atoms with Gasteiger partial charge < -0.3 is 5.11 Å². The molecule has 0 saturated carbocycles. The highest BCUT2D eigenvalue weighted by Crippen LogP contribution is 2.37. The molecule has 1 N–H and O–H groups in total. The van der Waals surface area contributed by atoms with E-state index in [2.05, 4.69) is 11.9 Å². The molecule has 0 amide bonds. The lowest BCUT2D eigenvalue weighted by Gasteiger charge is -2.00. The van der Waals surface area contributed by atoms with E-state index in [9.17, 15) is 5.11 Å². The normalized spacial score (nSPS) is 28.5. The van der Waals surface area contributed by atoms with Gasteiger partial charge in [-0.05, 0) is 24.0 Å². The number of aliphatic hydroxyl groups is 1. The van der Waals surface area contributed by atoms with Gasteiger partial charge in [0.25, 0.3) is 0 Å². The Hall–Kier alpha value is -0.890. The molecule has 0 bridgehead atoms. The first kappa shape index (κ1) is 6.80. The maximum absolute atomic E-state index is 9.49. The fraction of sp³-hybridized carbons (Fsp3) is 0.444. The Morgan fingerprint density at radius 3 is 3.18 bits per heavy atom. The van der Waals surface area contributed by atoms with E-state index in [1.165, 1.54) is 5.56 Å². The summed E-state index contributed by atoms with van der Waals surface area (Å²) in [5.74, 6) is 0.466. The van der Waals surface area contributed by atoms with Crippen LogP contribution in [-0.4, -0.2) is 10.1 Å². The molecule has 2 atom stereocenters. The van der Waals surface area contributed by atoms with Gasteiger partial charge in [-0.2, -0.15) is 0 Å². The summed E-state index contributed by atoms with van der Waals surface area (Å²) in [7, 11) is 0. The molecule has 1 aliphatic rings. The Kier molecular flexibility index (Phi) is 1.43. The third-order valence-electron chi connectivity index (χ3n) is 2.29. The average molecular weight is 149 g/mol. The summed E-state index contributed by atoms with van der Waals surface area (Å²) in [5.41, 5.74) is 2.08. The lowest BCUT2D eigenvalue weighted by Crippen LogP contribution is -1.92. The highest BCUT2D eigenvalue weighted by molar-refractivity contribution is 5.30. The van der Waals surface area contributed by atoms with Gasteiger partial charge in [0, 0.05) is 6.20 Å². The Morgan fingerprint density at radius 2 is 2.45 bits per heavy atom. The van der Waals surface area contributed by atoms with Crippen molar-refractivity contribution in [2.75, 3.05) is 0 Å². The van der Waals surface area contributed by atoms with Crippen molar-refractivity contribution in [3.8, 4) is 0 Å². The molecule has 0 saturated heterocycles. The van der Waals surface area contributed by atoms with Crippen LogP contribution < -0.4 is 0 Å².